The molecule has 0 saturated carbocycles. The Morgan fingerprint density at radius 1 is 1.12 bits per heavy atom. The van der Waals surface area contributed by atoms with Gasteiger partial charge in [-0.15, -0.1) is 6.58 Å². The van der Waals surface area contributed by atoms with E-state index in [0.29, 0.717) is 0 Å². The average Bonchev–Trinajstić information content (AvgIpc) is 2.51. The van der Waals surface area contributed by atoms with Gasteiger partial charge in [0.1, 0.15) is 6.61 Å². The first-order chi connectivity index (χ1) is 11.2. The van der Waals surface area contributed by atoms with Crippen molar-refractivity contribution in [1.82, 2.24) is 0 Å². The summed E-state index contributed by atoms with van der Waals surface area (Å²) in [5.41, 5.74) is -1.99. The van der Waals surface area contributed by atoms with E-state index in [9.17, 15) is 22.8 Å². The molecule has 3 nitrogen and oxygen atoms in total. The maximum absolute atomic E-state index is 13.7. The van der Waals surface area contributed by atoms with E-state index in [2.05, 4.69) is 17.9 Å². The van der Waals surface area contributed by atoms with Gasteiger partial charge in [-0.3, -0.25) is 9.59 Å². The molecule has 1 unspecified atom stereocenters. The summed E-state index contributed by atoms with van der Waals surface area (Å²) < 4.78 is 45.6. The first-order valence-corrected chi connectivity index (χ1v) is 7.23. The molecule has 1 aromatic carbocycles. The van der Waals surface area contributed by atoms with Crippen molar-refractivity contribution in [3.63, 3.8) is 0 Å². The van der Waals surface area contributed by atoms with Crippen molar-refractivity contribution in [2.45, 2.75) is 25.9 Å². The van der Waals surface area contributed by atoms with Crippen LogP contribution in [0.15, 0.2) is 49.6 Å². The van der Waals surface area contributed by atoms with Crippen molar-refractivity contribution >= 4 is 11.8 Å². The van der Waals surface area contributed by atoms with Crippen LogP contribution in [0.25, 0.3) is 0 Å². The number of aryl methyl sites for hydroxylation is 1. The molecule has 0 N–H and O–H groups in total. The van der Waals surface area contributed by atoms with E-state index in [4.69, 9.17) is 0 Å². The summed E-state index contributed by atoms with van der Waals surface area (Å²) in [7, 11) is 0. The normalized spacial score (nSPS) is 13.7. The number of halogens is 3. The second-order valence-corrected chi connectivity index (χ2v) is 5.43. The van der Waals surface area contributed by atoms with Gasteiger partial charge in [0.25, 0.3) is 0 Å². The molecule has 0 aliphatic carbocycles. The van der Waals surface area contributed by atoms with Gasteiger partial charge in [-0.1, -0.05) is 48.6 Å². The summed E-state index contributed by atoms with van der Waals surface area (Å²) in [5.74, 6) is -2.29. The molecular weight excluding hydrogens is 321 g/mol. The standard InChI is InChI=1S/C18H19F3O3/c1-4-10-17(18(19,20)21,16(23)24-11-5-2)12-15(22)14-8-6-13(3)7-9-14/h4-9H,1-2,10-12H2,3H3. The molecule has 0 aliphatic heterocycles. The van der Waals surface area contributed by atoms with Gasteiger partial charge in [0.05, 0.1) is 0 Å². The summed E-state index contributed by atoms with van der Waals surface area (Å²) in [6, 6.07) is 6.10. The van der Waals surface area contributed by atoms with E-state index in [1.807, 2.05) is 0 Å². The summed E-state index contributed by atoms with van der Waals surface area (Å²) in [5, 5.41) is 0. The molecule has 0 fully saturated rings. The van der Waals surface area contributed by atoms with Crippen molar-refractivity contribution in [1.29, 1.82) is 0 Å². The Morgan fingerprint density at radius 2 is 1.71 bits per heavy atom. The van der Waals surface area contributed by atoms with Crippen LogP contribution in [0.3, 0.4) is 0 Å². The first-order valence-electron chi connectivity index (χ1n) is 7.23. The fraction of sp³-hybridized carbons (Fsp3) is 0.333. The third kappa shape index (κ3) is 4.34. The number of carbonyl (C=O) groups is 2. The molecule has 1 atom stereocenters. The van der Waals surface area contributed by atoms with E-state index >= 15 is 0 Å². The third-order valence-electron chi connectivity index (χ3n) is 3.59. The van der Waals surface area contributed by atoms with Crippen LogP contribution in [0.5, 0.6) is 0 Å². The minimum atomic E-state index is -4.96. The molecule has 0 saturated heterocycles. The topological polar surface area (TPSA) is 43.4 Å². The highest BCUT2D eigenvalue weighted by Crippen LogP contribution is 2.46. The van der Waals surface area contributed by atoms with Crippen molar-refractivity contribution in [3.8, 4) is 0 Å². The van der Waals surface area contributed by atoms with Crippen LogP contribution < -0.4 is 0 Å². The van der Waals surface area contributed by atoms with Gasteiger partial charge in [-0.2, -0.15) is 13.2 Å². The number of allylic oxidation sites excluding steroid dienone is 1. The van der Waals surface area contributed by atoms with Gasteiger partial charge >= 0.3 is 12.1 Å². The van der Waals surface area contributed by atoms with E-state index in [1.165, 1.54) is 12.1 Å². The van der Waals surface area contributed by atoms with Crippen LogP contribution in [0.4, 0.5) is 13.2 Å². The fourth-order valence-electron chi connectivity index (χ4n) is 2.19. The number of esters is 1. The Bertz CT molecular complexity index is 617. The molecule has 0 aliphatic rings. The maximum atomic E-state index is 13.7. The predicted octanol–water partition coefficient (Wildman–Crippen LogP) is 4.42. The van der Waals surface area contributed by atoms with E-state index in [0.717, 1.165) is 17.7 Å². The van der Waals surface area contributed by atoms with E-state index in [1.54, 1.807) is 19.1 Å². The van der Waals surface area contributed by atoms with Gasteiger partial charge < -0.3 is 4.74 Å². The van der Waals surface area contributed by atoms with Crippen LogP contribution in [0, 0.1) is 12.3 Å². The highest BCUT2D eigenvalue weighted by Gasteiger charge is 2.61. The van der Waals surface area contributed by atoms with Gasteiger partial charge in [0.2, 0.25) is 0 Å². The summed E-state index contributed by atoms with van der Waals surface area (Å²) in [4.78, 5) is 24.4. The highest BCUT2D eigenvalue weighted by molar-refractivity contribution is 5.99. The van der Waals surface area contributed by atoms with Crippen LogP contribution in [0.1, 0.15) is 28.8 Å². The monoisotopic (exact) mass is 340 g/mol. The first kappa shape index (κ1) is 19.7. The van der Waals surface area contributed by atoms with Crippen LogP contribution in [0.2, 0.25) is 0 Å². The minimum Gasteiger partial charge on any atom is -0.461 e. The lowest BCUT2D eigenvalue weighted by atomic mass is 9.77. The number of ketones is 1. The quantitative estimate of drug-likeness (QED) is 0.400. The largest absolute Gasteiger partial charge is 0.461 e. The molecule has 0 amide bonds. The van der Waals surface area contributed by atoms with Gasteiger partial charge in [-0.25, -0.2) is 0 Å². The third-order valence-corrected chi connectivity index (χ3v) is 3.59. The molecule has 0 bridgehead atoms. The Labute approximate surface area is 138 Å². The molecule has 1 aromatic rings. The second-order valence-electron chi connectivity index (χ2n) is 5.43. The molecule has 0 aromatic heterocycles. The molecule has 0 radical (unpaired) electrons. The highest BCUT2D eigenvalue weighted by atomic mass is 19.4. The summed E-state index contributed by atoms with van der Waals surface area (Å²) >= 11 is 0. The summed E-state index contributed by atoms with van der Waals surface area (Å²) in [6.45, 7) is 7.99. The SMILES string of the molecule is C=CCOC(=O)C(CC=C)(CC(=O)c1ccc(C)cc1)C(F)(F)F. The van der Waals surface area contributed by atoms with E-state index in [-0.39, 0.29) is 12.2 Å². The fourth-order valence-corrected chi connectivity index (χ4v) is 2.19. The Hall–Kier alpha value is -2.37. The molecule has 24 heavy (non-hydrogen) atoms. The van der Waals surface area contributed by atoms with Crippen molar-refractivity contribution in [2.24, 2.45) is 5.41 Å². The zero-order valence-electron chi connectivity index (χ0n) is 13.4. The lowest BCUT2D eigenvalue weighted by Crippen LogP contribution is -2.47. The van der Waals surface area contributed by atoms with Crippen LogP contribution >= 0.6 is 0 Å². The molecule has 1 rings (SSSR count). The average molecular weight is 340 g/mol. The molecule has 0 spiro atoms. The van der Waals surface area contributed by atoms with Gasteiger partial charge in [-0.05, 0) is 13.3 Å². The van der Waals surface area contributed by atoms with Crippen LogP contribution in [-0.4, -0.2) is 24.5 Å². The molecule has 0 heterocycles. The van der Waals surface area contributed by atoms with Crippen LogP contribution in [-0.2, 0) is 9.53 Å². The lowest BCUT2D eigenvalue weighted by molar-refractivity contribution is -0.232. The van der Waals surface area contributed by atoms with Gasteiger partial charge in [0, 0.05) is 12.0 Å². The van der Waals surface area contributed by atoms with Crippen molar-refractivity contribution < 1.29 is 27.5 Å². The lowest BCUT2D eigenvalue weighted by Gasteiger charge is -2.32. The minimum absolute atomic E-state index is 0.106. The number of Topliss-reactive ketones (excluding diaryl/α,β-unsaturated/α-hetero) is 1. The zero-order chi connectivity index (χ0) is 18.4. The molecular formula is C18H19F3O3. The number of alkyl halides is 3. The Kier molecular flexibility index (Phi) is 6.51. The molecule has 130 valence electrons. The number of benzene rings is 1. The second kappa shape index (κ2) is 7.95. The Balaban J connectivity index is 3.22. The van der Waals surface area contributed by atoms with E-state index < -0.39 is 36.2 Å². The smallest absolute Gasteiger partial charge is 0.405 e. The zero-order valence-corrected chi connectivity index (χ0v) is 13.4. The number of hydrogen-bond donors (Lipinski definition) is 0. The summed E-state index contributed by atoms with van der Waals surface area (Å²) in [6.07, 6.45) is -4.62. The Morgan fingerprint density at radius 3 is 2.17 bits per heavy atom. The number of carbonyl (C=O) groups excluding carboxylic acids is 2. The number of hydrogen-bond acceptors (Lipinski definition) is 3. The predicted molar refractivity (Wildman–Crippen MR) is 84.6 cm³/mol. The van der Waals surface area contributed by atoms with Crippen molar-refractivity contribution in [2.75, 3.05) is 6.61 Å². The number of ether oxygens (including phenoxy) is 1. The molecule has 6 heteroatoms. The number of rotatable bonds is 8. The van der Waals surface area contributed by atoms with Gasteiger partial charge in [0.15, 0.2) is 11.2 Å². The maximum Gasteiger partial charge on any atom is 0.405 e. The van der Waals surface area contributed by atoms with Crippen molar-refractivity contribution in [3.05, 3.63) is 60.7 Å².